The van der Waals surface area contributed by atoms with Crippen LogP contribution in [0.1, 0.15) is 44.8 Å². The SMILES string of the molecule is CN=C(NCc1nnc2n1CCCCC2)N1CCSC(C(C)C)C1.I. The van der Waals surface area contributed by atoms with Gasteiger partial charge in [0.1, 0.15) is 5.82 Å². The number of hydrogen-bond acceptors (Lipinski definition) is 4. The van der Waals surface area contributed by atoms with Crippen molar-refractivity contribution in [1.29, 1.82) is 0 Å². The number of nitrogens with zero attached hydrogens (tertiary/aromatic N) is 5. The molecule has 6 nitrogen and oxygen atoms in total. The fourth-order valence-corrected chi connectivity index (χ4v) is 4.74. The topological polar surface area (TPSA) is 58.3 Å². The van der Waals surface area contributed by atoms with Gasteiger partial charge in [-0.1, -0.05) is 20.3 Å². The molecule has 1 saturated heterocycles. The van der Waals surface area contributed by atoms with E-state index in [2.05, 4.69) is 55.6 Å². The molecule has 142 valence electrons. The Morgan fingerprint density at radius 2 is 2.12 bits per heavy atom. The molecule has 1 aromatic rings. The first kappa shape index (κ1) is 20.8. The number of nitrogens with one attached hydrogen (secondary N) is 1. The Labute approximate surface area is 172 Å². The van der Waals surface area contributed by atoms with Crippen molar-refractivity contribution in [2.75, 3.05) is 25.9 Å². The van der Waals surface area contributed by atoms with Crippen LogP contribution in [0.4, 0.5) is 0 Å². The van der Waals surface area contributed by atoms with Crippen molar-refractivity contribution in [2.45, 2.75) is 57.9 Å². The summed E-state index contributed by atoms with van der Waals surface area (Å²) in [5.41, 5.74) is 0. The highest BCUT2D eigenvalue weighted by Gasteiger charge is 2.25. The number of rotatable bonds is 3. The molecule has 3 rings (SSSR count). The molecule has 25 heavy (non-hydrogen) atoms. The van der Waals surface area contributed by atoms with Crippen LogP contribution in [-0.4, -0.2) is 56.8 Å². The first-order valence-electron chi connectivity index (χ1n) is 9.17. The second-order valence-electron chi connectivity index (χ2n) is 6.99. The first-order valence-corrected chi connectivity index (χ1v) is 10.2. The van der Waals surface area contributed by atoms with Crippen molar-refractivity contribution >= 4 is 41.7 Å². The van der Waals surface area contributed by atoms with Gasteiger partial charge in [0.15, 0.2) is 11.8 Å². The van der Waals surface area contributed by atoms with Gasteiger partial charge in [-0.2, -0.15) is 11.8 Å². The van der Waals surface area contributed by atoms with Gasteiger partial charge in [0.25, 0.3) is 0 Å². The second-order valence-corrected chi connectivity index (χ2v) is 8.34. The van der Waals surface area contributed by atoms with Crippen LogP contribution in [0.2, 0.25) is 0 Å². The molecule has 0 aromatic carbocycles. The minimum atomic E-state index is 0. The summed E-state index contributed by atoms with van der Waals surface area (Å²) in [6, 6.07) is 0. The van der Waals surface area contributed by atoms with Crippen LogP contribution in [0.5, 0.6) is 0 Å². The third-order valence-electron chi connectivity index (χ3n) is 4.94. The molecular weight excluding hydrogens is 447 g/mol. The predicted molar refractivity (Wildman–Crippen MR) is 116 cm³/mol. The maximum Gasteiger partial charge on any atom is 0.194 e. The van der Waals surface area contributed by atoms with Crippen LogP contribution < -0.4 is 5.32 Å². The number of hydrogen-bond donors (Lipinski definition) is 1. The Morgan fingerprint density at radius 1 is 1.28 bits per heavy atom. The van der Waals surface area contributed by atoms with E-state index in [4.69, 9.17) is 0 Å². The van der Waals surface area contributed by atoms with Gasteiger partial charge >= 0.3 is 0 Å². The van der Waals surface area contributed by atoms with Gasteiger partial charge in [-0.05, 0) is 18.8 Å². The van der Waals surface area contributed by atoms with Crippen molar-refractivity contribution in [2.24, 2.45) is 10.9 Å². The van der Waals surface area contributed by atoms with Crippen LogP contribution in [0.15, 0.2) is 4.99 Å². The lowest BCUT2D eigenvalue weighted by atomic mass is 10.1. The van der Waals surface area contributed by atoms with Gasteiger partial charge in [-0.25, -0.2) is 0 Å². The van der Waals surface area contributed by atoms with Gasteiger partial charge in [0.2, 0.25) is 0 Å². The quantitative estimate of drug-likeness (QED) is 0.412. The first-order chi connectivity index (χ1) is 11.7. The summed E-state index contributed by atoms with van der Waals surface area (Å²) in [7, 11) is 1.87. The second kappa shape index (κ2) is 9.99. The van der Waals surface area contributed by atoms with Gasteiger partial charge in [0, 0.05) is 44.1 Å². The smallest absolute Gasteiger partial charge is 0.194 e. The van der Waals surface area contributed by atoms with Crippen molar-refractivity contribution in [1.82, 2.24) is 25.0 Å². The maximum atomic E-state index is 4.50. The minimum absolute atomic E-state index is 0. The molecule has 1 N–H and O–H groups in total. The summed E-state index contributed by atoms with van der Waals surface area (Å²) in [6.45, 7) is 8.50. The summed E-state index contributed by atoms with van der Waals surface area (Å²) in [5.74, 6) is 5.05. The Bertz CT molecular complexity index is 573. The highest BCUT2D eigenvalue weighted by atomic mass is 127. The summed E-state index contributed by atoms with van der Waals surface area (Å²) in [6.07, 6.45) is 4.81. The number of guanidine groups is 1. The fourth-order valence-electron chi connectivity index (χ4n) is 3.44. The fraction of sp³-hybridized carbons (Fsp3) is 0.824. The van der Waals surface area contributed by atoms with Gasteiger partial charge < -0.3 is 14.8 Å². The van der Waals surface area contributed by atoms with E-state index in [1.165, 1.54) is 25.0 Å². The van der Waals surface area contributed by atoms with E-state index < -0.39 is 0 Å². The molecule has 0 amide bonds. The van der Waals surface area contributed by atoms with Crippen LogP contribution in [-0.2, 0) is 19.5 Å². The largest absolute Gasteiger partial charge is 0.349 e. The van der Waals surface area contributed by atoms with Crippen molar-refractivity contribution in [3.05, 3.63) is 11.6 Å². The standard InChI is InChI=1S/C17H30N6S.HI/c1-13(2)14-12-22(9-10-24-14)17(18-3)19-11-16-21-20-15-7-5-4-6-8-23(15)16;/h13-14H,4-12H2,1-3H3,(H,18,19);1H. The van der Waals surface area contributed by atoms with E-state index >= 15 is 0 Å². The van der Waals surface area contributed by atoms with Crippen molar-refractivity contribution in [3.8, 4) is 0 Å². The van der Waals surface area contributed by atoms with E-state index in [1.807, 2.05) is 7.05 Å². The number of thioether (sulfide) groups is 1. The van der Waals surface area contributed by atoms with E-state index in [0.717, 1.165) is 43.7 Å². The molecule has 8 heteroatoms. The Morgan fingerprint density at radius 3 is 2.88 bits per heavy atom. The zero-order valence-corrected chi connectivity index (χ0v) is 18.7. The molecular formula is C17H31IN6S. The monoisotopic (exact) mass is 478 g/mol. The molecule has 1 aromatic heterocycles. The molecule has 2 aliphatic heterocycles. The number of aryl methyl sites for hydroxylation is 1. The van der Waals surface area contributed by atoms with Crippen LogP contribution in [0.25, 0.3) is 0 Å². The summed E-state index contributed by atoms with van der Waals surface area (Å²) in [5, 5.41) is 13.0. The third-order valence-corrected chi connectivity index (χ3v) is 6.48. The highest BCUT2D eigenvalue weighted by Crippen LogP contribution is 2.25. The lowest BCUT2D eigenvalue weighted by Gasteiger charge is -2.36. The Hall–Kier alpha value is -0.510. The molecule has 2 aliphatic rings. The van der Waals surface area contributed by atoms with E-state index in [1.54, 1.807) is 0 Å². The molecule has 0 bridgehead atoms. The maximum absolute atomic E-state index is 4.50. The van der Waals surface area contributed by atoms with E-state index in [9.17, 15) is 0 Å². The number of aliphatic imine (C=N–C) groups is 1. The van der Waals surface area contributed by atoms with E-state index in [0.29, 0.717) is 17.7 Å². The normalized spacial score (nSPS) is 21.5. The van der Waals surface area contributed by atoms with Crippen LogP contribution in [0.3, 0.4) is 0 Å². The van der Waals surface area contributed by atoms with Crippen LogP contribution >= 0.6 is 35.7 Å². The van der Waals surface area contributed by atoms with Crippen molar-refractivity contribution < 1.29 is 0 Å². The summed E-state index contributed by atoms with van der Waals surface area (Å²) >= 11 is 2.09. The highest BCUT2D eigenvalue weighted by molar-refractivity contribution is 14.0. The molecule has 0 spiro atoms. The zero-order valence-electron chi connectivity index (χ0n) is 15.6. The molecule has 0 radical (unpaired) electrons. The van der Waals surface area contributed by atoms with E-state index in [-0.39, 0.29) is 24.0 Å². The molecule has 1 atom stereocenters. The number of aromatic nitrogens is 3. The summed E-state index contributed by atoms with van der Waals surface area (Å²) in [4.78, 5) is 6.89. The van der Waals surface area contributed by atoms with Gasteiger partial charge in [0.05, 0.1) is 6.54 Å². The Balaban J connectivity index is 0.00000225. The average molecular weight is 478 g/mol. The Kier molecular flexibility index (Phi) is 8.31. The zero-order chi connectivity index (χ0) is 16.9. The van der Waals surface area contributed by atoms with Gasteiger partial charge in [-0.15, -0.1) is 34.2 Å². The average Bonchev–Trinajstić information content (AvgIpc) is 2.82. The third kappa shape index (κ3) is 5.24. The van der Waals surface area contributed by atoms with Crippen molar-refractivity contribution in [3.63, 3.8) is 0 Å². The van der Waals surface area contributed by atoms with Gasteiger partial charge in [-0.3, -0.25) is 4.99 Å². The molecule has 1 unspecified atom stereocenters. The molecule has 0 aliphatic carbocycles. The van der Waals surface area contributed by atoms with Crippen LogP contribution in [0, 0.1) is 5.92 Å². The number of fused-ring (bicyclic) bond motifs is 1. The molecule has 1 fully saturated rings. The lowest BCUT2D eigenvalue weighted by Crippen LogP contribution is -2.49. The lowest BCUT2D eigenvalue weighted by molar-refractivity contribution is 0.380. The molecule has 0 saturated carbocycles. The minimum Gasteiger partial charge on any atom is -0.349 e. The molecule has 3 heterocycles. The predicted octanol–water partition coefficient (Wildman–Crippen LogP) is 2.77. The number of halogens is 1. The summed E-state index contributed by atoms with van der Waals surface area (Å²) < 4.78 is 2.30.